The van der Waals surface area contributed by atoms with E-state index < -0.39 is 5.60 Å². The van der Waals surface area contributed by atoms with Crippen molar-refractivity contribution in [3.8, 4) is 5.75 Å². The molecule has 0 aromatic heterocycles. The Morgan fingerprint density at radius 3 is 2.96 bits per heavy atom. The van der Waals surface area contributed by atoms with Crippen molar-refractivity contribution in [1.29, 1.82) is 0 Å². The molecular weight excluding hydrogens is 328 g/mol. The maximum absolute atomic E-state index is 11.8. The van der Waals surface area contributed by atoms with Gasteiger partial charge in [0.25, 0.3) is 0 Å². The van der Waals surface area contributed by atoms with Gasteiger partial charge < -0.3 is 14.6 Å². The summed E-state index contributed by atoms with van der Waals surface area (Å²) in [5, 5.41) is 11.2. The number of methoxy groups -OCH3 is 1. The lowest BCUT2D eigenvalue weighted by atomic mass is 9.55. The van der Waals surface area contributed by atoms with Crippen LogP contribution in [0.5, 0.6) is 5.75 Å². The van der Waals surface area contributed by atoms with E-state index >= 15 is 0 Å². The highest BCUT2D eigenvalue weighted by molar-refractivity contribution is 5.74. The van der Waals surface area contributed by atoms with Gasteiger partial charge in [-0.2, -0.15) is 0 Å². The van der Waals surface area contributed by atoms with Crippen molar-refractivity contribution >= 4 is 5.97 Å². The minimum Gasteiger partial charge on any atom is -0.497 e. The third kappa shape index (κ3) is 2.14. The first kappa shape index (κ1) is 16.6. The molecule has 3 fully saturated rings. The van der Waals surface area contributed by atoms with Gasteiger partial charge in [0.05, 0.1) is 13.5 Å². The lowest BCUT2D eigenvalue weighted by molar-refractivity contribution is -0.142. The van der Waals surface area contributed by atoms with Crippen LogP contribution in [0.4, 0.5) is 0 Å². The summed E-state index contributed by atoms with van der Waals surface area (Å²) in [5.41, 5.74) is 2.02. The Morgan fingerprint density at radius 2 is 2.19 bits per heavy atom. The van der Waals surface area contributed by atoms with E-state index in [1.54, 1.807) is 7.11 Å². The monoisotopic (exact) mass is 356 g/mol. The molecule has 0 spiro atoms. The molecule has 3 aliphatic carbocycles. The molecule has 4 heteroatoms. The molecule has 0 bridgehead atoms. The standard InChI is InChI=1S/C22H28O4/c1-3-12-8-13-9-14(25-2)4-5-15(13)16-6-7-18-17(21(12)16)10-19-22(18,24)11-20(23)26-19/h4-5,9,12,16-19,21,24H,3,6-8,10-11H2,1-2H3. The van der Waals surface area contributed by atoms with Crippen LogP contribution >= 0.6 is 0 Å². The second-order valence-corrected chi connectivity index (χ2v) is 8.85. The zero-order valence-electron chi connectivity index (χ0n) is 15.6. The lowest BCUT2D eigenvalue weighted by Gasteiger charge is -2.49. The van der Waals surface area contributed by atoms with Crippen LogP contribution in [0.25, 0.3) is 0 Å². The number of rotatable bonds is 2. The largest absolute Gasteiger partial charge is 0.497 e. The number of esters is 1. The summed E-state index contributed by atoms with van der Waals surface area (Å²) in [4.78, 5) is 11.8. The zero-order valence-corrected chi connectivity index (χ0v) is 15.6. The van der Waals surface area contributed by atoms with Gasteiger partial charge in [-0.05, 0) is 78.5 Å². The quantitative estimate of drug-likeness (QED) is 0.825. The van der Waals surface area contributed by atoms with Gasteiger partial charge in [0.15, 0.2) is 0 Å². The van der Waals surface area contributed by atoms with Crippen LogP contribution in [0, 0.1) is 23.7 Å². The van der Waals surface area contributed by atoms with Crippen molar-refractivity contribution in [2.45, 2.75) is 63.1 Å². The van der Waals surface area contributed by atoms with E-state index in [0.29, 0.717) is 23.7 Å². The van der Waals surface area contributed by atoms with Gasteiger partial charge in [-0.25, -0.2) is 0 Å². The van der Waals surface area contributed by atoms with Crippen molar-refractivity contribution in [2.24, 2.45) is 23.7 Å². The summed E-state index contributed by atoms with van der Waals surface area (Å²) < 4.78 is 11.0. The number of carbonyl (C=O) groups is 1. The van der Waals surface area contributed by atoms with Crippen LogP contribution in [0.15, 0.2) is 18.2 Å². The number of fused-ring (bicyclic) bond motifs is 7. The first-order valence-electron chi connectivity index (χ1n) is 10.1. The van der Waals surface area contributed by atoms with E-state index in [1.807, 2.05) is 0 Å². The molecule has 7 unspecified atom stereocenters. The van der Waals surface area contributed by atoms with E-state index in [1.165, 1.54) is 11.1 Å². The molecule has 1 aromatic carbocycles. The summed E-state index contributed by atoms with van der Waals surface area (Å²) in [7, 11) is 1.73. The van der Waals surface area contributed by atoms with E-state index in [-0.39, 0.29) is 24.4 Å². The molecule has 1 N–H and O–H groups in total. The number of aliphatic hydroxyl groups is 1. The molecule has 5 rings (SSSR count). The minimum atomic E-state index is -0.912. The summed E-state index contributed by atoms with van der Waals surface area (Å²) >= 11 is 0. The van der Waals surface area contributed by atoms with E-state index in [4.69, 9.17) is 9.47 Å². The Morgan fingerprint density at radius 1 is 1.35 bits per heavy atom. The fourth-order valence-corrected chi connectivity index (χ4v) is 6.91. The van der Waals surface area contributed by atoms with Crippen LogP contribution in [-0.2, 0) is 16.0 Å². The third-order valence-electron chi connectivity index (χ3n) is 7.95. The Bertz CT molecular complexity index is 744. The maximum atomic E-state index is 11.8. The number of hydrogen-bond donors (Lipinski definition) is 1. The Labute approximate surface area is 154 Å². The van der Waals surface area contributed by atoms with Gasteiger partial charge in [0.2, 0.25) is 0 Å². The number of ether oxygens (including phenoxy) is 2. The molecule has 0 amide bonds. The smallest absolute Gasteiger partial charge is 0.309 e. The second kappa shape index (κ2) is 5.72. The number of hydrogen-bond acceptors (Lipinski definition) is 4. The van der Waals surface area contributed by atoms with E-state index in [2.05, 4.69) is 25.1 Å². The van der Waals surface area contributed by atoms with E-state index in [9.17, 15) is 9.90 Å². The van der Waals surface area contributed by atoms with Crippen molar-refractivity contribution in [1.82, 2.24) is 0 Å². The Balaban J connectivity index is 1.52. The topological polar surface area (TPSA) is 55.8 Å². The highest BCUT2D eigenvalue weighted by Crippen LogP contribution is 2.62. The maximum Gasteiger partial charge on any atom is 0.309 e. The van der Waals surface area contributed by atoms with Crippen LogP contribution in [-0.4, -0.2) is 29.9 Å². The van der Waals surface area contributed by atoms with Gasteiger partial charge in [0, 0.05) is 0 Å². The fraction of sp³-hybridized carbons (Fsp3) is 0.682. The highest BCUT2D eigenvalue weighted by Gasteiger charge is 2.64. The summed E-state index contributed by atoms with van der Waals surface area (Å²) in [5.74, 6) is 3.20. The molecule has 26 heavy (non-hydrogen) atoms. The average Bonchev–Trinajstić information content (AvgIpc) is 3.08. The fourth-order valence-electron chi connectivity index (χ4n) is 6.91. The summed E-state index contributed by atoms with van der Waals surface area (Å²) in [6, 6.07) is 6.58. The van der Waals surface area contributed by atoms with Gasteiger partial charge >= 0.3 is 5.97 Å². The second-order valence-electron chi connectivity index (χ2n) is 8.85. The van der Waals surface area contributed by atoms with Crippen LogP contribution < -0.4 is 4.74 Å². The molecule has 4 nitrogen and oxygen atoms in total. The molecule has 4 aliphatic rings. The zero-order chi connectivity index (χ0) is 18.1. The molecule has 1 heterocycles. The van der Waals surface area contributed by atoms with Gasteiger partial charge in [0.1, 0.15) is 17.5 Å². The van der Waals surface area contributed by atoms with Crippen molar-refractivity contribution < 1.29 is 19.4 Å². The van der Waals surface area contributed by atoms with Crippen LogP contribution in [0.2, 0.25) is 0 Å². The van der Waals surface area contributed by atoms with Gasteiger partial charge in [-0.15, -0.1) is 0 Å². The summed E-state index contributed by atoms with van der Waals surface area (Å²) in [6.07, 6.45) is 5.11. The molecule has 7 atom stereocenters. The van der Waals surface area contributed by atoms with Gasteiger partial charge in [-0.1, -0.05) is 19.4 Å². The third-order valence-corrected chi connectivity index (χ3v) is 7.95. The first-order valence-corrected chi connectivity index (χ1v) is 10.1. The van der Waals surface area contributed by atoms with E-state index in [0.717, 1.165) is 37.9 Å². The number of benzene rings is 1. The molecule has 2 saturated carbocycles. The molecule has 1 aromatic rings. The predicted molar refractivity (Wildman–Crippen MR) is 97.0 cm³/mol. The van der Waals surface area contributed by atoms with Crippen molar-refractivity contribution in [2.75, 3.05) is 7.11 Å². The lowest BCUT2D eigenvalue weighted by Crippen LogP contribution is -2.46. The predicted octanol–water partition coefficient (Wildman–Crippen LogP) is 3.45. The van der Waals surface area contributed by atoms with Gasteiger partial charge in [-0.3, -0.25) is 4.79 Å². The Hall–Kier alpha value is -1.55. The normalized spacial score (nSPS) is 43.1. The van der Waals surface area contributed by atoms with Crippen molar-refractivity contribution in [3.05, 3.63) is 29.3 Å². The number of carbonyl (C=O) groups excluding carboxylic acids is 1. The SMILES string of the molecule is CCC1Cc2cc(OC)ccc2C2CCC3C(CC4OC(=O)CC43O)C12. The molecular formula is C22H28O4. The molecule has 1 saturated heterocycles. The minimum absolute atomic E-state index is 0.195. The summed E-state index contributed by atoms with van der Waals surface area (Å²) in [6.45, 7) is 2.29. The first-order chi connectivity index (χ1) is 12.5. The van der Waals surface area contributed by atoms with Crippen molar-refractivity contribution in [3.63, 3.8) is 0 Å². The Kier molecular flexibility index (Phi) is 3.66. The highest BCUT2D eigenvalue weighted by atomic mass is 16.6. The molecule has 140 valence electrons. The molecule has 0 radical (unpaired) electrons. The molecule has 1 aliphatic heterocycles. The van der Waals surface area contributed by atoms with Crippen LogP contribution in [0.1, 0.15) is 56.1 Å². The van der Waals surface area contributed by atoms with Crippen LogP contribution in [0.3, 0.4) is 0 Å². The average molecular weight is 356 g/mol.